The van der Waals surface area contributed by atoms with Crippen LogP contribution in [0.3, 0.4) is 0 Å². The quantitative estimate of drug-likeness (QED) is 0.572. The van der Waals surface area contributed by atoms with Gasteiger partial charge in [-0.1, -0.05) is 12.1 Å². The van der Waals surface area contributed by atoms with Crippen LogP contribution in [0.4, 0.5) is 23.2 Å². The van der Waals surface area contributed by atoms with Crippen LogP contribution in [0.2, 0.25) is 0 Å². The van der Waals surface area contributed by atoms with Crippen LogP contribution in [-0.4, -0.2) is 30.1 Å². The SMILES string of the molecule is [C-]#[N+]c1ccc(C(=O)N2CCC(C(F)(F)F)CC2)c(F)c1. The molecule has 21 heavy (non-hydrogen) atoms. The lowest BCUT2D eigenvalue weighted by molar-refractivity contribution is -0.183. The average molecular weight is 300 g/mol. The molecule has 0 saturated carbocycles. The minimum Gasteiger partial charge on any atom is -0.339 e. The molecule has 0 radical (unpaired) electrons. The van der Waals surface area contributed by atoms with E-state index in [1.807, 2.05) is 0 Å². The van der Waals surface area contributed by atoms with Crippen LogP contribution in [0.25, 0.3) is 4.85 Å². The van der Waals surface area contributed by atoms with Crippen molar-refractivity contribution in [2.75, 3.05) is 13.1 Å². The molecular weight excluding hydrogens is 288 g/mol. The molecule has 0 atom stereocenters. The van der Waals surface area contributed by atoms with Crippen molar-refractivity contribution in [3.05, 3.63) is 41.0 Å². The minimum atomic E-state index is -4.25. The summed E-state index contributed by atoms with van der Waals surface area (Å²) in [6.07, 6.45) is -4.59. The maximum atomic E-state index is 13.7. The van der Waals surface area contributed by atoms with Crippen LogP contribution < -0.4 is 0 Å². The third-order valence-electron chi connectivity index (χ3n) is 3.56. The van der Waals surface area contributed by atoms with Crippen molar-refractivity contribution in [2.45, 2.75) is 19.0 Å². The first-order valence-corrected chi connectivity index (χ1v) is 6.36. The monoisotopic (exact) mass is 300 g/mol. The maximum absolute atomic E-state index is 13.7. The van der Waals surface area contributed by atoms with Gasteiger partial charge in [0.2, 0.25) is 0 Å². The Morgan fingerprint density at radius 2 is 1.90 bits per heavy atom. The van der Waals surface area contributed by atoms with Crippen molar-refractivity contribution < 1.29 is 22.4 Å². The highest BCUT2D eigenvalue weighted by atomic mass is 19.4. The van der Waals surface area contributed by atoms with Crippen LogP contribution in [-0.2, 0) is 0 Å². The molecule has 1 aliphatic rings. The van der Waals surface area contributed by atoms with Crippen molar-refractivity contribution in [2.24, 2.45) is 5.92 Å². The van der Waals surface area contributed by atoms with E-state index in [1.54, 1.807) is 0 Å². The van der Waals surface area contributed by atoms with Gasteiger partial charge in [-0.3, -0.25) is 4.79 Å². The number of hydrogen-bond acceptors (Lipinski definition) is 1. The molecule has 1 fully saturated rings. The van der Waals surface area contributed by atoms with Gasteiger partial charge in [0.15, 0.2) is 5.69 Å². The van der Waals surface area contributed by atoms with Crippen molar-refractivity contribution >= 4 is 11.6 Å². The zero-order chi connectivity index (χ0) is 15.6. The van der Waals surface area contributed by atoms with Gasteiger partial charge in [-0.2, -0.15) is 13.2 Å². The Bertz CT molecular complexity index is 584. The molecule has 0 aliphatic carbocycles. The second-order valence-corrected chi connectivity index (χ2v) is 4.88. The fourth-order valence-corrected chi connectivity index (χ4v) is 2.33. The van der Waals surface area contributed by atoms with E-state index in [2.05, 4.69) is 4.85 Å². The number of likely N-dealkylation sites (tertiary alicyclic amines) is 1. The highest BCUT2D eigenvalue weighted by Gasteiger charge is 2.41. The number of nitrogens with zero attached hydrogens (tertiary/aromatic N) is 2. The van der Waals surface area contributed by atoms with Crippen LogP contribution in [0, 0.1) is 18.3 Å². The Morgan fingerprint density at radius 1 is 1.29 bits per heavy atom. The highest BCUT2D eigenvalue weighted by Crippen LogP contribution is 2.34. The van der Waals surface area contributed by atoms with Gasteiger partial charge in [-0.25, -0.2) is 9.24 Å². The smallest absolute Gasteiger partial charge is 0.339 e. The van der Waals surface area contributed by atoms with Crippen LogP contribution in [0.5, 0.6) is 0 Å². The molecule has 7 heteroatoms. The molecule has 1 heterocycles. The van der Waals surface area contributed by atoms with Gasteiger partial charge >= 0.3 is 6.18 Å². The minimum absolute atomic E-state index is 0.0486. The van der Waals surface area contributed by atoms with E-state index in [0.29, 0.717) is 0 Å². The lowest BCUT2D eigenvalue weighted by Gasteiger charge is -2.33. The number of piperidine rings is 1. The molecule has 1 aliphatic heterocycles. The number of alkyl halides is 3. The van der Waals surface area contributed by atoms with Crippen LogP contribution in [0.1, 0.15) is 23.2 Å². The van der Waals surface area contributed by atoms with Gasteiger partial charge in [0.25, 0.3) is 5.91 Å². The first kappa shape index (κ1) is 15.3. The summed E-state index contributed by atoms with van der Waals surface area (Å²) in [4.78, 5) is 16.4. The van der Waals surface area contributed by atoms with E-state index in [-0.39, 0.29) is 37.2 Å². The van der Waals surface area contributed by atoms with Gasteiger partial charge in [0.1, 0.15) is 5.82 Å². The number of rotatable bonds is 1. The summed E-state index contributed by atoms with van der Waals surface area (Å²) in [5, 5.41) is 0. The number of carbonyl (C=O) groups excluding carboxylic acids is 1. The molecule has 0 N–H and O–H groups in total. The van der Waals surface area contributed by atoms with E-state index in [0.717, 1.165) is 6.07 Å². The van der Waals surface area contributed by atoms with E-state index >= 15 is 0 Å². The maximum Gasteiger partial charge on any atom is 0.391 e. The molecule has 1 saturated heterocycles. The van der Waals surface area contributed by atoms with Crippen molar-refractivity contribution in [3.63, 3.8) is 0 Å². The molecule has 1 amide bonds. The van der Waals surface area contributed by atoms with E-state index in [9.17, 15) is 22.4 Å². The first-order valence-electron chi connectivity index (χ1n) is 6.36. The Labute approximate surface area is 119 Å². The molecule has 2 rings (SSSR count). The molecule has 112 valence electrons. The van der Waals surface area contributed by atoms with Gasteiger partial charge in [-0.15, -0.1) is 0 Å². The molecule has 3 nitrogen and oxygen atoms in total. The van der Waals surface area contributed by atoms with E-state index in [1.165, 1.54) is 17.0 Å². The Hall–Kier alpha value is -2.10. The summed E-state index contributed by atoms with van der Waals surface area (Å²) < 4.78 is 51.4. The van der Waals surface area contributed by atoms with E-state index < -0.39 is 23.8 Å². The normalized spacial score (nSPS) is 16.6. The van der Waals surface area contributed by atoms with Crippen LogP contribution in [0.15, 0.2) is 18.2 Å². The Morgan fingerprint density at radius 3 is 2.38 bits per heavy atom. The largest absolute Gasteiger partial charge is 0.391 e. The number of halogens is 4. The summed E-state index contributed by atoms with van der Waals surface area (Å²) in [6.45, 7) is 6.65. The summed E-state index contributed by atoms with van der Waals surface area (Å²) >= 11 is 0. The molecule has 0 unspecified atom stereocenters. The van der Waals surface area contributed by atoms with Gasteiger partial charge in [-0.05, 0) is 18.9 Å². The highest BCUT2D eigenvalue weighted by molar-refractivity contribution is 5.95. The lowest BCUT2D eigenvalue weighted by Crippen LogP contribution is -2.42. The molecular formula is C14H12F4N2O. The third-order valence-corrected chi connectivity index (χ3v) is 3.56. The second kappa shape index (κ2) is 5.72. The second-order valence-electron chi connectivity index (χ2n) is 4.88. The summed E-state index contributed by atoms with van der Waals surface area (Å²) in [6, 6.07) is 3.45. The Balaban J connectivity index is 2.08. The third kappa shape index (κ3) is 3.32. The lowest BCUT2D eigenvalue weighted by atomic mass is 9.96. The van der Waals surface area contributed by atoms with Crippen molar-refractivity contribution in [1.82, 2.24) is 4.90 Å². The molecule has 1 aromatic carbocycles. The molecule has 0 spiro atoms. The number of hydrogen-bond donors (Lipinski definition) is 0. The number of carbonyl (C=O) groups is 1. The fourth-order valence-electron chi connectivity index (χ4n) is 2.33. The van der Waals surface area contributed by atoms with Crippen molar-refractivity contribution in [3.8, 4) is 0 Å². The predicted molar refractivity (Wildman–Crippen MR) is 67.3 cm³/mol. The molecule has 1 aromatic rings. The molecule has 0 bridgehead atoms. The molecule has 0 aromatic heterocycles. The van der Waals surface area contributed by atoms with Crippen molar-refractivity contribution in [1.29, 1.82) is 0 Å². The topological polar surface area (TPSA) is 24.7 Å². The Kier molecular flexibility index (Phi) is 4.16. The summed E-state index contributed by atoms with van der Waals surface area (Å²) in [7, 11) is 0. The number of amides is 1. The van der Waals surface area contributed by atoms with Gasteiger partial charge in [0, 0.05) is 13.1 Å². The van der Waals surface area contributed by atoms with Gasteiger partial charge in [0.05, 0.1) is 18.1 Å². The van der Waals surface area contributed by atoms with E-state index in [4.69, 9.17) is 6.57 Å². The van der Waals surface area contributed by atoms with Crippen LogP contribution >= 0.6 is 0 Å². The predicted octanol–water partition coefficient (Wildman–Crippen LogP) is 3.79. The fraction of sp³-hybridized carbons (Fsp3) is 0.429. The standard InChI is InChI=1S/C14H12F4N2O/c1-19-10-2-3-11(12(15)8-10)13(21)20-6-4-9(5-7-20)14(16,17)18/h2-3,8-9H,4-7H2. The summed E-state index contributed by atoms with van der Waals surface area (Å²) in [5.74, 6) is -2.87. The summed E-state index contributed by atoms with van der Waals surface area (Å²) in [5.41, 5.74) is -0.146. The zero-order valence-corrected chi connectivity index (χ0v) is 11.0. The first-order chi connectivity index (χ1) is 9.82. The van der Waals surface area contributed by atoms with Gasteiger partial charge < -0.3 is 4.90 Å². The number of benzene rings is 1. The average Bonchev–Trinajstić information content (AvgIpc) is 2.45. The zero-order valence-electron chi connectivity index (χ0n) is 11.0.